The minimum absolute atomic E-state index is 0.193. The molecule has 0 unspecified atom stereocenters. The fraction of sp³-hybridized carbons (Fsp3) is 0.909. The zero-order chi connectivity index (χ0) is 10.6. The molecule has 14 heavy (non-hydrogen) atoms. The first-order valence-electron chi connectivity index (χ1n) is 5.73. The number of carbonyl (C=O) groups is 1. The van der Waals surface area contributed by atoms with Gasteiger partial charge in [-0.05, 0) is 33.1 Å². The van der Waals surface area contributed by atoms with Gasteiger partial charge in [0.15, 0.2) is 0 Å². The second kappa shape index (κ2) is 5.35. The molecule has 2 atom stereocenters. The lowest BCUT2D eigenvalue weighted by Crippen LogP contribution is -2.40. The molecular weight excluding hydrogens is 176 g/mol. The van der Waals surface area contributed by atoms with E-state index in [0.717, 1.165) is 38.8 Å². The van der Waals surface area contributed by atoms with Crippen LogP contribution < -0.4 is 5.73 Å². The van der Waals surface area contributed by atoms with Crippen LogP contribution in [0.25, 0.3) is 0 Å². The Balaban J connectivity index is 2.50. The van der Waals surface area contributed by atoms with E-state index in [1.54, 1.807) is 0 Å². The third kappa shape index (κ3) is 2.71. The summed E-state index contributed by atoms with van der Waals surface area (Å²) in [6.07, 6.45) is 4.11. The molecule has 1 saturated carbocycles. The van der Waals surface area contributed by atoms with E-state index in [9.17, 15) is 4.79 Å². The highest BCUT2D eigenvalue weighted by molar-refractivity contribution is 5.78. The number of nitrogens with zero attached hydrogens (tertiary/aromatic N) is 1. The van der Waals surface area contributed by atoms with E-state index in [2.05, 4.69) is 0 Å². The van der Waals surface area contributed by atoms with E-state index < -0.39 is 0 Å². The highest BCUT2D eigenvalue weighted by atomic mass is 16.2. The number of nitrogens with two attached hydrogens (primary N) is 1. The van der Waals surface area contributed by atoms with Gasteiger partial charge in [0, 0.05) is 25.0 Å². The van der Waals surface area contributed by atoms with Crippen molar-refractivity contribution in [2.75, 3.05) is 13.1 Å². The molecular formula is C11H22N2O. The van der Waals surface area contributed by atoms with E-state index in [-0.39, 0.29) is 12.0 Å². The van der Waals surface area contributed by atoms with Crippen molar-refractivity contribution in [2.24, 2.45) is 11.7 Å². The molecule has 1 rings (SSSR count). The maximum atomic E-state index is 12.0. The molecule has 0 bridgehead atoms. The molecule has 1 fully saturated rings. The Kier molecular flexibility index (Phi) is 4.39. The molecule has 82 valence electrons. The molecule has 0 saturated heterocycles. The maximum Gasteiger partial charge on any atom is 0.225 e. The summed E-state index contributed by atoms with van der Waals surface area (Å²) in [6.45, 7) is 5.70. The number of rotatable bonds is 3. The summed E-state index contributed by atoms with van der Waals surface area (Å²) in [4.78, 5) is 13.9. The monoisotopic (exact) mass is 198 g/mol. The summed E-state index contributed by atoms with van der Waals surface area (Å²) >= 11 is 0. The van der Waals surface area contributed by atoms with E-state index >= 15 is 0 Å². The van der Waals surface area contributed by atoms with Crippen LogP contribution in [0.3, 0.4) is 0 Å². The lowest BCUT2D eigenvalue weighted by molar-refractivity contribution is -0.136. The molecule has 0 heterocycles. The SMILES string of the molecule is CCN(CC)C(=O)[C@H]1CCC[C@@H](N)C1. The number of carbonyl (C=O) groups excluding carboxylic acids is 1. The lowest BCUT2D eigenvalue weighted by atomic mass is 9.85. The van der Waals surface area contributed by atoms with Crippen LogP contribution in [0.4, 0.5) is 0 Å². The molecule has 0 aromatic heterocycles. The number of hydrogen-bond acceptors (Lipinski definition) is 2. The van der Waals surface area contributed by atoms with Crippen LogP contribution in [-0.4, -0.2) is 29.9 Å². The largest absolute Gasteiger partial charge is 0.343 e. The summed E-state index contributed by atoms with van der Waals surface area (Å²) in [7, 11) is 0. The van der Waals surface area contributed by atoms with Gasteiger partial charge in [0.1, 0.15) is 0 Å². The fourth-order valence-electron chi connectivity index (χ4n) is 2.25. The van der Waals surface area contributed by atoms with Crippen LogP contribution in [0.15, 0.2) is 0 Å². The van der Waals surface area contributed by atoms with Crippen molar-refractivity contribution >= 4 is 5.91 Å². The second-order valence-corrected chi connectivity index (χ2v) is 4.13. The Labute approximate surface area is 86.6 Å². The first-order valence-corrected chi connectivity index (χ1v) is 5.73. The molecule has 0 aromatic carbocycles. The van der Waals surface area contributed by atoms with Gasteiger partial charge >= 0.3 is 0 Å². The highest BCUT2D eigenvalue weighted by Crippen LogP contribution is 2.24. The Morgan fingerprint density at radius 3 is 2.50 bits per heavy atom. The summed E-state index contributed by atoms with van der Waals surface area (Å²) in [5.41, 5.74) is 5.88. The third-order valence-corrected chi connectivity index (χ3v) is 3.14. The fourth-order valence-corrected chi connectivity index (χ4v) is 2.25. The van der Waals surface area contributed by atoms with Crippen LogP contribution in [-0.2, 0) is 4.79 Å². The molecule has 2 N–H and O–H groups in total. The van der Waals surface area contributed by atoms with Crippen LogP contribution in [0.2, 0.25) is 0 Å². The third-order valence-electron chi connectivity index (χ3n) is 3.14. The van der Waals surface area contributed by atoms with Gasteiger partial charge in [-0.1, -0.05) is 6.42 Å². The smallest absolute Gasteiger partial charge is 0.225 e. The van der Waals surface area contributed by atoms with Crippen molar-refractivity contribution in [2.45, 2.75) is 45.6 Å². The van der Waals surface area contributed by atoms with Crippen molar-refractivity contribution in [3.05, 3.63) is 0 Å². The quantitative estimate of drug-likeness (QED) is 0.744. The van der Waals surface area contributed by atoms with Crippen LogP contribution in [0.1, 0.15) is 39.5 Å². The zero-order valence-corrected chi connectivity index (χ0v) is 9.33. The van der Waals surface area contributed by atoms with Crippen molar-refractivity contribution < 1.29 is 4.79 Å². The summed E-state index contributed by atoms with van der Waals surface area (Å²) in [5.74, 6) is 0.504. The van der Waals surface area contributed by atoms with Crippen molar-refractivity contribution in [1.29, 1.82) is 0 Å². The molecule has 0 radical (unpaired) electrons. The number of amides is 1. The van der Waals surface area contributed by atoms with Gasteiger partial charge in [-0.15, -0.1) is 0 Å². The molecule has 0 aromatic rings. The lowest BCUT2D eigenvalue weighted by Gasteiger charge is -2.30. The predicted molar refractivity (Wildman–Crippen MR) is 57.9 cm³/mol. The second-order valence-electron chi connectivity index (χ2n) is 4.13. The molecule has 1 aliphatic rings. The first kappa shape index (κ1) is 11.5. The van der Waals surface area contributed by atoms with Crippen LogP contribution in [0.5, 0.6) is 0 Å². The maximum absolute atomic E-state index is 12.0. The van der Waals surface area contributed by atoms with Gasteiger partial charge < -0.3 is 10.6 Å². The summed E-state index contributed by atoms with van der Waals surface area (Å²) < 4.78 is 0. The van der Waals surface area contributed by atoms with Crippen LogP contribution in [0, 0.1) is 5.92 Å². The Bertz CT molecular complexity index is 190. The minimum atomic E-state index is 0.193. The minimum Gasteiger partial charge on any atom is -0.343 e. The zero-order valence-electron chi connectivity index (χ0n) is 9.33. The van der Waals surface area contributed by atoms with Gasteiger partial charge in [0.25, 0.3) is 0 Å². The summed E-state index contributed by atoms with van der Waals surface area (Å²) in [5, 5.41) is 0. The van der Waals surface area contributed by atoms with Gasteiger partial charge in [0.05, 0.1) is 0 Å². The van der Waals surface area contributed by atoms with Crippen LogP contribution >= 0.6 is 0 Å². The van der Waals surface area contributed by atoms with E-state index in [1.807, 2.05) is 18.7 Å². The van der Waals surface area contributed by atoms with Crippen molar-refractivity contribution in [1.82, 2.24) is 4.90 Å². The van der Waals surface area contributed by atoms with E-state index in [1.165, 1.54) is 0 Å². The molecule has 1 amide bonds. The molecule has 0 aliphatic heterocycles. The molecule has 3 heteroatoms. The standard InChI is InChI=1S/C11H22N2O/c1-3-13(4-2)11(14)9-6-5-7-10(12)8-9/h9-10H,3-8,12H2,1-2H3/t9-,10+/m0/s1. The predicted octanol–water partition coefficient (Wildman–Crippen LogP) is 1.37. The van der Waals surface area contributed by atoms with E-state index in [0.29, 0.717) is 5.91 Å². The Morgan fingerprint density at radius 2 is 2.00 bits per heavy atom. The number of hydrogen-bond donors (Lipinski definition) is 1. The topological polar surface area (TPSA) is 46.3 Å². The Hall–Kier alpha value is -0.570. The van der Waals surface area contributed by atoms with Crippen molar-refractivity contribution in [3.8, 4) is 0 Å². The average Bonchev–Trinajstić information content (AvgIpc) is 2.19. The normalized spacial score (nSPS) is 27.4. The van der Waals surface area contributed by atoms with Gasteiger partial charge in [-0.3, -0.25) is 4.79 Å². The Morgan fingerprint density at radius 1 is 1.36 bits per heavy atom. The molecule has 0 spiro atoms. The van der Waals surface area contributed by atoms with E-state index in [4.69, 9.17) is 5.73 Å². The highest BCUT2D eigenvalue weighted by Gasteiger charge is 2.27. The molecule has 1 aliphatic carbocycles. The van der Waals surface area contributed by atoms with Crippen molar-refractivity contribution in [3.63, 3.8) is 0 Å². The molecule has 3 nitrogen and oxygen atoms in total. The van der Waals surface area contributed by atoms with Gasteiger partial charge in [-0.2, -0.15) is 0 Å². The average molecular weight is 198 g/mol. The van der Waals surface area contributed by atoms with Gasteiger partial charge in [-0.25, -0.2) is 0 Å². The summed E-state index contributed by atoms with van der Waals surface area (Å²) in [6, 6.07) is 0.244. The first-order chi connectivity index (χ1) is 6.69. The van der Waals surface area contributed by atoms with Gasteiger partial charge in [0.2, 0.25) is 5.91 Å².